The first-order valence-corrected chi connectivity index (χ1v) is 8.38. The van der Waals surface area contributed by atoms with Crippen molar-refractivity contribution in [2.24, 2.45) is 7.05 Å². The van der Waals surface area contributed by atoms with Gasteiger partial charge in [-0.1, -0.05) is 11.6 Å². The van der Waals surface area contributed by atoms with Gasteiger partial charge in [-0.25, -0.2) is 9.97 Å². The summed E-state index contributed by atoms with van der Waals surface area (Å²) in [4.78, 5) is 25.6. The molecule has 1 amide bonds. The number of halogens is 1. The summed E-state index contributed by atoms with van der Waals surface area (Å²) in [7, 11) is 1.91. The van der Waals surface area contributed by atoms with E-state index in [9.17, 15) is 4.79 Å². The monoisotopic (exact) mass is 381 g/mol. The van der Waals surface area contributed by atoms with E-state index in [1.165, 1.54) is 6.20 Å². The first-order chi connectivity index (χ1) is 14.7. The van der Waals surface area contributed by atoms with Gasteiger partial charge in [0, 0.05) is 34.8 Å². The molecule has 0 radical (unpaired) electrons. The second-order valence-corrected chi connectivity index (χ2v) is 6.26. The van der Waals surface area contributed by atoms with Crippen LogP contribution in [0.25, 0.3) is 22.2 Å². The van der Waals surface area contributed by atoms with Crippen LogP contribution in [0.5, 0.6) is 0 Å². The van der Waals surface area contributed by atoms with Gasteiger partial charge in [0.05, 0.1) is 29.1 Å². The Balaban J connectivity index is 1.71. The maximum atomic E-state index is 12.7. The summed E-state index contributed by atoms with van der Waals surface area (Å²) in [5.74, 6) is 0.233. The fourth-order valence-electron chi connectivity index (χ4n) is 2.60. The third-order valence-electron chi connectivity index (χ3n) is 4.15. The Bertz CT molecular complexity index is 1340. The van der Waals surface area contributed by atoms with Crippen molar-refractivity contribution in [3.8, 4) is 11.3 Å². The van der Waals surface area contributed by atoms with E-state index in [0.29, 0.717) is 5.52 Å². The maximum absolute atomic E-state index is 12.7. The first kappa shape index (κ1) is 13.0. The lowest BCUT2D eigenvalue weighted by molar-refractivity contribution is 0.102. The summed E-state index contributed by atoms with van der Waals surface area (Å²) in [6.45, 7) is 1.90. The van der Waals surface area contributed by atoms with E-state index in [4.69, 9.17) is 17.1 Å². The predicted molar refractivity (Wildman–Crippen MR) is 106 cm³/mol. The number of aromatic nitrogens is 4. The molecule has 6 nitrogen and oxygen atoms in total. The molecule has 134 valence electrons. The minimum absolute atomic E-state index is 0.185. The van der Waals surface area contributed by atoms with Gasteiger partial charge in [-0.2, -0.15) is 0 Å². The number of pyridine rings is 2. The smallest absolute Gasteiger partial charge is 0.256 e. The number of fused-ring (bicyclic) bond motifs is 1. The lowest BCUT2D eigenvalue weighted by Crippen LogP contribution is -2.12. The van der Waals surface area contributed by atoms with Crippen LogP contribution in [0.3, 0.4) is 0 Å². The molecular weight excluding hydrogens is 362 g/mol. The predicted octanol–water partition coefficient (Wildman–Crippen LogP) is 4.24. The van der Waals surface area contributed by atoms with Crippen molar-refractivity contribution in [1.82, 2.24) is 19.5 Å². The van der Waals surface area contributed by atoms with E-state index >= 15 is 0 Å². The molecule has 4 aromatic rings. The minimum Gasteiger partial charge on any atom is -0.331 e. The van der Waals surface area contributed by atoms with Crippen LogP contribution < -0.4 is 5.32 Å². The molecule has 27 heavy (non-hydrogen) atoms. The van der Waals surface area contributed by atoms with Crippen molar-refractivity contribution < 1.29 is 10.3 Å². The molecule has 0 saturated heterocycles. The van der Waals surface area contributed by atoms with Crippen molar-refractivity contribution in [1.29, 1.82) is 0 Å². The van der Waals surface area contributed by atoms with Crippen LogP contribution in [0.2, 0.25) is 5.02 Å². The molecule has 0 saturated carbocycles. The average Bonchev–Trinajstić information content (AvgIpc) is 3.09. The van der Waals surface area contributed by atoms with Crippen molar-refractivity contribution in [3.63, 3.8) is 0 Å². The number of carbonyl (C=O) groups excluding carboxylic acids is 1. The molecule has 0 unspecified atom stereocenters. The Kier molecular flexibility index (Phi) is 3.28. The van der Waals surface area contributed by atoms with Gasteiger partial charge in [-0.15, -0.1) is 0 Å². The molecule has 0 aliphatic heterocycles. The molecule has 0 atom stereocenters. The molecular formula is C20H16ClN5O. The molecule has 7 heteroatoms. The van der Waals surface area contributed by atoms with E-state index in [-0.39, 0.29) is 10.8 Å². The topological polar surface area (TPSA) is 72.7 Å². The number of imidazole rings is 1. The van der Waals surface area contributed by atoms with Crippen LogP contribution >= 0.6 is 11.6 Å². The van der Waals surface area contributed by atoms with Crippen LogP contribution in [0.1, 0.15) is 21.7 Å². The zero-order valence-corrected chi connectivity index (χ0v) is 15.2. The summed E-state index contributed by atoms with van der Waals surface area (Å²) in [6, 6.07) is 1.55. The van der Waals surface area contributed by atoms with Gasteiger partial charge >= 0.3 is 0 Å². The molecule has 1 N–H and O–H groups in total. The van der Waals surface area contributed by atoms with E-state index in [0.717, 1.165) is 22.5 Å². The lowest BCUT2D eigenvalue weighted by Gasteiger charge is -2.08. The number of benzene rings is 1. The Morgan fingerprint density at radius 2 is 1.89 bits per heavy atom. The average molecular weight is 382 g/mol. The molecule has 0 aliphatic rings. The van der Waals surface area contributed by atoms with E-state index in [2.05, 4.69) is 20.3 Å². The third kappa shape index (κ3) is 3.39. The summed E-state index contributed by atoms with van der Waals surface area (Å²) >= 11 is 5.80. The summed E-state index contributed by atoms with van der Waals surface area (Å²) in [5, 5.41) is 2.92. The number of nitrogens with one attached hydrogen (secondary N) is 1. The fourth-order valence-corrected chi connectivity index (χ4v) is 2.69. The number of rotatable bonds is 3. The number of nitrogens with zero attached hydrogens (tertiary/aromatic N) is 4. The van der Waals surface area contributed by atoms with E-state index in [1.807, 2.05) is 24.6 Å². The van der Waals surface area contributed by atoms with Gasteiger partial charge < -0.3 is 9.88 Å². The number of carbonyl (C=O) groups is 1. The van der Waals surface area contributed by atoms with Gasteiger partial charge in [-0.3, -0.25) is 9.78 Å². The van der Waals surface area contributed by atoms with Crippen molar-refractivity contribution in [3.05, 3.63) is 71.3 Å². The Labute approximate surface area is 166 Å². The van der Waals surface area contributed by atoms with Gasteiger partial charge in [-0.05, 0) is 43.2 Å². The Morgan fingerprint density at radius 3 is 2.59 bits per heavy atom. The summed E-state index contributed by atoms with van der Waals surface area (Å²) in [6.07, 6.45) is 4.97. The fraction of sp³-hybridized carbons (Fsp3) is 0.100. The van der Waals surface area contributed by atoms with E-state index in [1.54, 1.807) is 18.5 Å². The highest BCUT2D eigenvalue weighted by Crippen LogP contribution is 2.24. The quantitative estimate of drug-likeness (QED) is 0.576. The van der Waals surface area contributed by atoms with Gasteiger partial charge in [0.1, 0.15) is 11.6 Å². The van der Waals surface area contributed by atoms with Crippen molar-refractivity contribution >= 4 is 34.2 Å². The molecule has 0 fully saturated rings. The lowest BCUT2D eigenvalue weighted by atomic mass is 10.1. The number of amides is 1. The highest BCUT2D eigenvalue weighted by Gasteiger charge is 2.10. The second-order valence-electron chi connectivity index (χ2n) is 5.88. The van der Waals surface area contributed by atoms with Crippen LogP contribution in [-0.4, -0.2) is 25.4 Å². The number of aryl methyl sites for hydroxylation is 1. The number of hydrogen-bond acceptors (Lipinski definition) is 4. The molecule has 3 aromatic heterocycles. The molecule has 0 aliphatic carbocycles. The second kappa shape index (κ2) is 6.81. The van der Waals surface area contributed by atoms with Crippen LogP contribution in [-0.2, 0) is 7.05 Å². The van der Waals surface area contributed by atoms with Crippen molar-refractivity contribution in [2.75, 3.05) is 5.32 Å². The van der Waals surface area contributed by atoms with Gasteiger partial charge in [0.2, 0.25) is 0 Å². The normalized spacial score (nSPS) is 13.0. The highest BCUT2D eigenvalue weighted by atomic mass is 35.5. The zero-order chi connectivity index (χ0) is 22.4. The summed E-state index contributed by atoms with van der Waals surface area (Å²) < 4.78 is 33.5. The minimum atomic E-state index is -0.813. The standard InChI is InChI=1S/C20H16ClN5O/c1-12-22-11-18(26(12)2)15-7-14-8-19(24-10-17(14)23-9-15)25-20(27)13-3-5-16(21)6-4-13/h3-11H,1-2H3,(H,24,25,27)/i3D,4D,5D,6D. The van der Waals surface area contributed by atoms with E-state index < -0.39 is 35.6 Å². The number of anilines is 1. The van der Waals surface area contributed by atoms with Crippen LogP contribution in [0.4, 0.5) is 5.82 Å². The van der Waals surface area contributed by atoms with Gasteiger partial charge in [0.15, 0.2) is 0 Å². The summed E-state index contributed by atoms with van der Waals surface area (Å²) in [5.41, 5.74) is 1.95. The first-order valence-electron chi connectivity index (χ1n) is 10.0. The molecule has 0 bridgehead atoms. The highest BCUT2D eigenvalue weighted by molar-refractivity contribution is 6.30. The Hall–Kier alpha value is -3.25. The SMILES string of the molecule is [2H]c1c([2H])c(C(=O)Nc2cc3cc(-c4cnc(C)n4C)cnc3cn2)c([2H])c([2H])c1Cl. The van der Waals surface area contributed by atoms with Gasteiger partial charge in [0.25, 0.3) is 5.91 Å². The molecule has 4 rings (SSSR count). The molecule has 3 heterocycles. The molecule has 0 spiro atoms. The maximum Gasteiger partial charge on any atom is 0.256 e. The van der Waals surface area contributed by atoms with Crippen LogP contribution in [0, 0.1) is 6.92 Å². The largest absolute Gasteiger partial charge is 0.331 e. The third-order valence-corrected chi connectivity index (χ3v) is 4.34. The Morgan fingerprint density at radius 1 is 1.11 bits per heavy atom. The molecule has 1 aromatic carbocycles. The van der Waals surface area contributed by atoms with Crippen molar-refractivity contribution in [2.45, 2.75) is 6.92 Å². The zero-order valence-electron chi connectivity index (χ0n) is 18.5. The number of hydrogen-bond donors (Lipinski definition) is 1. The van der Waals surface area contributed by atoms with Crippen LogP contribution in [0.15, 0.2) is 54.9 Å².